The van der Waals surface area contributed by atoms with Gasteiger partial charge < -0.3 is 10.6 Å². The Kier molecular flexibility index (Phi) is 4.22. The van der Waals surface area contributed by atoms with E-state index in [4.69, 9.17) is 5.73 Å². The van der Waals surface area contributed by atoms with Gasteiger partial charge in [-0.15, -0.1) is 0 Å². The summed E-state index contributed by atoms with van der Waals surface area (Å²) in [5.41, 5.74) is 8.40. The number of hydrogen-bond donors (Lipinski definition) is 1. The molecule has 21 heavy (non-hydrogen) atoms. The fourth-order valence-corrected chi connectivity index (χ4v) is 3.30. The highest BCUT2D eigenvalue weighted by Crippen LogP contribution is 2.18. The van der Waals surface area contributed by atoms with Crippen molar-refractivity contribution >= 4 is 22.9 Å². The Hall–Kier alpha value is -1.85. The van der Waals surface area contributed by atoms with Crippen molar-refractivity contribution in [2.75, 3.05) is 31.1 Å². The Morgan fingerprint density at radius 1 is 1.10 bits per heavy atom. The van der Waals surface area contributed by atoms with Crippen LogP contribution in [0.5, 0.6) is 0 Å². The molecule has 0 bridgehead atoms. The second-order valence-electron chi connectivity index (χ2n) is 5.31. The molecule has 110 valence electrons. The molecule has 4 nitrogen and oxygen atoms in total. The van der Waals surface area contributed by atoms with Gasteiger partial charge in [-0.25, -0.2) is 0 Å². The van der Waals surface area contributed by atoms with Crippen LogP contribution < -0.4 is 10.6 Å². The largest absolute Gasteiger partial charge is 0.369 e. The number of piperazine rings is 1. The summed E-state index contributed by atoms with van der Waals surface area (Å²) in [6, 6.07) is 9.76. The lowest BCUT2D eigenvalue weighted by atomic mass is 10.1. The first-order chi connectivity index (χ1) is 10.2. The van der Waals surface area contributed by atoms with Crippen LogP contribution in [0.3, 0.4) is 0 Å². The number of hydrogen-bond acceptors (Lipinski definition) is 4. The van der Waals surface area contributed by atoms with Crippen LogP contribution in [0.15, 0.2) is 41.1 Å². The van der Waals surface area contributed by atoms with Crippen LogP contribution in [0.2, 0.25) is 0 Å². The third-order valence-electron chi connectivity index (χ3n) is 3.88. The number of thiophene rings is 1. The van der Waals surface area contributed by atoms with E-state index in [0.717, 1.165) is 38.4 Å². The van der Waals surface area contributed by atoms with Gasteiger partial charge in [0.1, 0.15) is 0 Å². The lowest BCUT2D eigenvalue weighted by Crippen LogP contribution is -2.45. The number of carbonyl (C=O) groups excluding carboxylic acids is 1. The summed E-state index contributed by atoms with van der Waals surface area (Å²) >= 11 is 1.75. The van der Waals surface area contributed by atoms with E-state index >= 15 is 0 Å². The molecule has 0 saturated carbocycles. The summed E-state index contributed by atoms with van der Waals surface area (Å²) < 4.78 is 0. The first-order valence-electron chi connectivity index (χ1n) is 7.10. The highest BCUT2D eigenvalue weighted by Gasteiger charge is 2.17. The molecule has 1 fully saturated rings. The maximum absolute atomic E-state index is 11.1. The number of rotatable bonds is 4. The highest BCUT2D eigenvalue weighted by molar-refractivity contribution is 7.07. The maximum atomic E-state index is 11.1. The fourth-order valence-electron chi connectivity index (χ4n) is 2.64. The van der Waals surface area contributed by atoms with Crippen molar-refractivity contribution in [3.63, 3.8) is 0 Å². The Balaban J connectivity index is 1.56. The number of amides is 1. The minimum absolute atomic E-state index is 0.373. The number of nitrogens with zero attached hydrogens (tertiary/aromatic N) is 2. The van der Waals surface area contributed by atoms with Crippen molar-refractivity contribution in [3.05, 3.63) is 52.2 Å². The van der Waals surface area contributed by atoms with Gasteiger partial charge in [-0.3, -0.25) is 9.69 Å². The normalized spacial score (nSPS) is 16.1. The number of nitrogens with two attached hydrogens (primary N) is 1. The molecule has 3 rings (SSSR count). The van der Waals surface area contributed by atoms with Gasteiger partial charge in [0.25, 0.3) is 0 Å². The molecular weight excluding hydrogens is 282 g/mol. The number of primary amides is 1. The molecule has 0 aliphatic carbocycles. The highest BCUT2D eigenvalue weighted by atomic mass is 32.1. The number of carbonyl (C=O) groups is 1. The first-order valence-corrected chi connectivity index (χ1v) is 8.05. The standard InChI is InChI=1S/C16H19N3OS/c17-16(20)14-1-3-15(4-2-14)19-8-6-18(7-9-19)11-13-5-10-21-12-13/h1-5,10,12H,6-9,11H2,(H2,17,20). The van der Waals surface area contributed by atoms with Gasteiger partial charge >= 0.3 is 0 Å². The van der Waals surface area contributed by atoms with Crippen LogP contribution >= 0.6 is 11.3 Å². The summed E-state index contributed by atoms with van der Waals surface area (Å²) in [6.45, 7) is 5.19. The van der Waals surface area contributed by atoms with Crippen LogP contribution in [-0.4, -0.2) is 37.0 Å². The average molecular weight is 301 g/mol. The first kappa shape index (κ1) is 14.1. The third kappa shape index (κ3) is 3.43. The maximum Gasteiger partial charge on any atom is 0.248 e. The zero-order valence-electron chi connectivity index (χ0n) is 11.9. The summed E-state index contributed by atoms with van der Waals surface area (Å²) in [5, 5.41) is 4.35. The molecule has 2 heterocycles. The predicted octanol–water partition coefficient (Wildman–Crippen LogP) is 2.17. The van der Waals surface area contributed by atoms with E-state index in [1.54, 1.807) is 23.5 Å². The van der Waals surface area contributed by atoms with Crippen molar-refractivity contribution in [1.82, 2.24) is 4.90 Å². The molecule has 0 unspecified atom stereocenters. The summed E-state index contributed by atoms with van der Waals surface area (Å²) in [5.74, 6) is -0.373. The molecule has 2 aromatic rings. The van der Waals surface area contributed by atoms with Gasteiger partial charge in [-0.2, -0.15) is 11.3 Å². The van der Waals surface area contributed by atoms with Crippen LogP contribution in [0.1, 0.15) is 15.9 Å². The van der Waals surface area contributed by atoms with E-state index in [0.29, 0.717) is 5.56 Å². The SMILES string of the molecule is NC(=O)c1ccc(N2CCN(Cc3ccsc3)CC2)cc1. The molecule has 0 spiro atoms. The molecule has 1 saturated heterocycles. The van der Waals surface area contributed by atoms with E-state index in [1.165, 1.54) is 5.56 Å². The predicted molar refractivity (Wildman–Crippen MR) is 86.8 cm³/mol. The Morgan fingerprint density at radius 2 is 1.81 bits per heavy atom. The molecule has 1 aliphatic rings. The topological polar surface area (TPSA) is 49.6 Å². The van der Waals surface area contributed by atoms with Crippen LogP contribution in [0.25, 0.3) is 0 Å². The van der Waals surface area contributed by atoms with Gasteiger partial charge in [0, 0.05) is 44.0 Å². The lowest BCUT2D eigenvalue weighted by molar-refractivity contribution is 0.100. The minimum atomic E-state index is -0.373. The van der Waals surface area contributed by atoms with E-state index in [2.05, 4.69) is 26.6 Å². The van der Waals surface area contributed by atoms with E-state index < -0.39 is 0 Å². The molecule has 1 aromatic carbocycles. The van der Waals surface area contributed by atoms with Crippen molar-refractivity contribution in [2.45, 2.75) is 6.54 Å². The molecule has 1 amide bonds. The Bertz CT molecular complexity index is 586. The molecule has 1 aromatic heterocycles. The van der Waals surface area contributed by atoms with Crippen LogP contribution in [0.4, 0.5) is 5.69 Å². The average Bonchev–Trinajstić information content (AvgIpc) is 3.01. The van der Waals surface area contributed by atoms with E-state index in [-0.39, 0.29) is 5.91 Å². The van der Waals surface area contributed by atoms with E-state index in [9.17, 15) is 4.79 Å². The lowest BCUT2D eigenvalue weighted by Gasteiger charge is -2.36. The minimum Gasteiger partial charge on any atom is -0.369 e. The van der Waals surface area contributed by atoms with Crippen molar-refractivity contribution in [1.29, 1.82) is 0 Å². The van der Waals surface area contributed by atoms with Crippen LogP contribution in [-0.2, 0) is 6.54 Å². The quantitative estimate of drug-likeness (QED) is 0.941. The zero-order valence-corrected chi connectivity index (χ0v) is 12.7. The Labute approximate surface area is 128 Å². The second kappa shape index (κ2) is 6.28. The summed E-state index contributed by atoms with van der Waals surface area (Å²) in [4.78, 5) is 15.9. The van der Waals surface area contributed by atoms with Crippen molar-refractivity contribution in [3.8, 4) is 0 Å². The van der Waals surface area contributed by atoms with Crippen molar-refractivity contribution in [2.24, 2.45) is 5.73 Å². The number of anilines is 1. The van der Waals surface area contributed by atoms with Gasteiger partial charge in [-0.05, 0) is 46.7 Å². The Morgan fingerprint density at radius 3 is 2.38 bits per heavy atom. The van der Waals surface area contributed by atoms with Crippen LogP contribution in [0, 0.1) is 0 Å². The molecule has 5 heteroatoms. The summed E-state index contributed by atoms with van der Waals surface area (Å²) in [7, 11) is 0. The molecule has 0 radical (unpaired) electrons. The smallest absolute Gasteiger partial charge is 0.248 e. The zero-order chi connectivity index (χ0) is 14.7. The van der Waals surface area contributed by atoms with Gasteiger partial charge in [0.15, 0.2) is 0 Å². The molecule has 0 atom stereocenters. The van der Waals surface area contributed by atoms with Gasteiger partial charge in [0.2, 0.25) is 5.91 Å². The van der Waals surface area contributed by atoms with Gasteiger partial charge in [-0.1, -0.05) is 0 Å². The number of benzene rings is 1. The second-order valence-corrected chi connectivity index (χ2v) is 6.09. The van der Waals surface area contributed by atoms with E-state index in [1.807, 2.05) is 12.1 Å². The third-order valence-corrected chi connectivity index (χ3v) is 4.61. The van der Waals surface area contributed by atoms with Gasteiger partial charge in [0.05, 0.1) is 0 Å². The molecule has 2 N–H and O–H groups in total. The van der Waals surface area contributed by atoms with Crippen molar-refractivity contribution < 1.29 is 4.79 Å². The fraction of sp³-hybridized carbons (Fsp3) is 0.312. The molecule has 1 aliphatic heterocycles. The summed E-state index contributed by atoms with van der Waals surface area (Å²) in [6.07, 6.45) is 0. The monoisotopic (exact) mass is 301 g/mol. The molecular formula is C16H19N3OS.